The van der Waals surface area contributed by atoms with Gasteiger partial charge in [0.2, 0.25) is 0 Å². The average Bonchev–Trinajstić information content (AvgIpc) is 2.81. The summed E-state index contributed by atoms with van der Waals surface area (Å²) in [5.41, 5.74) is -0.103. The van der Waals surface area contributed by atoms with Gasteiger partial charge in [0, 0.05) is 11.0 Å². The first-order chi connectivity index (χ1) is 8.58. The molecule has 0 spiro atoms. The molecule has 0 aliphatic rings. The highest BCUT2D eigenvalue weighted by molar-refractivity contribution is 7.99. The van der Waals surface area contributed by atoms with Crippen molar-refractivity contribution >= 4 is 23.2 Å². The van der Waals surface area contributed by atoms with Crippen LogP contribution in [0.25, 0.3) is 0 Å². The van der Waals surface area contributed by atoms with Crippen LogP contribution in [-0.2, 0) is 0 Å². The Bertz CT molecular complexity index is 597. The van der Waals surface area contributed by atoms with Crippen LogP contribution in [0.2, 0.25) is 0 Å². The van der Waals surface area contributed by atoms with Gasteiger partial charge >= 0.3 is 0 Å². The van der Waals surface area contributed by atoms with E-state index in [1.54, 1.807) is 6.07 Å². The molecule has 1 aromatic heterocycles. The molecule has 0 atom stereocenters. The van der Waals surface area contributed by atoms with Gasteiger partial charge in [0.25, 0.3) is 5.69 Å². The van der Waals surface area contributed by atoms with Gasteiger partial charge in [-0.3, -0.25) is 20.0 Å². The molecule has 2 aromatic rings. The van der Waals surface area contributed by atoms with Crippen molar-refractivity contribution in [3.05, 3.63) is 40.2 Å². The van der Waals surface area contributed by atoms with Gasteiger partial charge in [-0.15, -0.1) is 0 Å². The topological polar surface area (TPSA) is 102 Å². The largest absolute Gasteiger partial charge is 0.294 e. The third-order valence-corrected chi connectivity index (χ3v) is 3.03. The molecule has 1 N–H and O–H groups in total. The number of nitrogens with one attached hydrogen (secondary N) is 1. The van der Waals surface area contributed by atoms with Crippen molar-refractivity contribution in [1.82, 2.24) is 15.2 Å². The first kappa shape index (κ1) is 12.2. The number of aromatic amines is 1. The van der Waals surface area contributed by atoms with Crippen molar-refractivity contribution < 1.29 is 9.72 Å². The second-order valence-corrected chi connectivity index (χ2v) is 4.45. The van der Waals surface area contributed by atoms with Crippen LogP contribution in [0.15, 0.2) is 34.6 Å². The highest BCUT2D eigenvalue weighted by Crippen LogP contribution is 2.29. The highest BCUT2D eigenvalue weighted by Gasteiger charge is 2.18. The second-order valence-electron chi connectivity index (χ2n) is 3.38. The number of nitro groups is 1. The predicted molar refractivity (Wildman–Crippen MR) is 63.6 cm³/mol. The lowest BCUT2D eigenvalue weighted by molar-refractivity contribution is -0.385. The molecule has 2 rings (SSSR count). The molecule has 92 valence electrons. The summed E-state index contributed by atoms with van der Waals surface area (Å²) in [6.45, 7) is 1.30. The molecule has 0 aliphatic heterocycles. The zero-order chi connectivity index (χ0) is 13.1. The third kappa shape index (κ3) is 2.54. The lowest BCUT2D eigenvalue weighted by Crippen LogP contribution is -2.00. The van der Waals surface area contributed by atoms with E-state index in [4.69, 9.17) is 0 Å². The first-order valence-electron chi connectivity index (χ1n) is 4.90. The smallest absolute Gasteiger partial charge is 0.280 e. The van der Waals surface area contributed by atoms with Crippen LogP contribution in [0, 0.1) is 10.1 Å². The van der Waals surface area contributed by atoms with Crippen LogP contribution in [0.4, 0.5) is 5.69 Å². The number of aromatic nitrogens is 3. The van der Waals surface area contributed by atoms with Crippen LogP contribution >= 0.6 is 11.8 Å². The normalized spacial score (nSPS) is 10.3. The van der Waals surface area contributed by atoms with Gasteiger partial charge in [0.1, 0.15) is 6.33 Å². The Morgan fingerprint density at radius 2 is 2.28 bits per heavy atom. The van der Waals surface area contributed by atoms with Crippen molar-refractivity contribution in [2.45, 2.75) is 17.0 Å². The van der Waals surface area contributed by atoms with Gasteiger partial charge < -0.3 is 0 Å². The fraction of sp³-hybridized carbons (Fsp3) is 0.100. The maximum atomic E-state index is 11.4. The van der Waals surface area contributed by atoms with Gasteiger partial charge in [-0.25, -0.2) is 4.98 Å². The molecule has 1 aromatic carbocycles. The van der Waals surface area contributed by atoms with Crippen molar-refractivity contribution in [2.75, 3.05) is 0 Å². The Morgan fingerprint density at radius 3 is 2.83 bits per heavy atom. The van der Waals surface area contributed by atoms with E-state index in [9.17, 15) is 14.9 Å². The van der Waals surface area contributed by atoms with E-state index in [1.807, 2.05) is 0 Å². The molecule has 7 nitrogen and oxygen atoms in total. The standard InChI is InChI=1S/C10H8N4O3S/c1-6(15)8-4-7(2-3-9(8)14(16)17)18-10-11-5-12-13-10/h2-5H,1H3,(H,11,12,13). The van der Waals surface area contributed by atoms with E-state index in [0.717, 1.165) is 0 Å². The zero-order valence-corrected chi connectivity index (χ0v) is 10.1. The Balaban J connectivity index is 2.37. The number of rotatable bonds is 4. The summed E-state index contributed by atoms with van der Waals surface area (Å²) in [7, 11) is 0. The Kier molecular flexibility index (Phi) is 3.38. The van der Waals surface area contributed by atoms with Crippen molar-refractivity contribution in [3.8, 4) is 0 Å². The van der Waals surface area contributed by atoms with E-state index < -0.39 is 4.92 Å². The SMILES string of the molecule is CC(=O)c1cc(Sc2ncn[nH]2)ccc1[N+](=O)[O-]. The molecule has 0 unspecified atom stereocenters. The fourth-order valence-corrected chi connectivity index (χ4v) is 2.11. The summed E-state index contributed by atoms with van der Waals surface area (Å²) >= 11 is 1.24. The minimum absolute atomic E-state index is 0.0875. The van der Waals surface area contributed by atoms with Gasteiger partial charge in [-0.1, -0.05) is 11.8 Å². The summed E-state index contributed by atoms with van der Waals surface area (Å²) in [6, 6.07) is 4.36. The Morgan fingerprint density at radius 1 is 1.50 bits per heavy atom. The number of ketones is 1. The van der Waals surface area contributed by atoms with Crippen molar-refractivity contribution in [3.63, 3.8) is 0 Å². The number of Topliss-reactive ketones (excluding diaryl/α,β-unsaturated/α-hetero) is 1. The fourth-order valence-electron chi connectivity index (χ4n) is 1.37. The number of benzene rings is 1. The van der Waals surface area contributed by atoms with Crippen LogP contribution < -0.4 is 0 Å². The summed E-state index contributed by atoms with van der Waals surface area (Å²) in [5.74, 6) is -0.346. The first-order valence-corrected chi connectivity index (χ1v) is 5.72. The molecule has 8 heteroatoms. The molecule has 0 aliphatic carbocycles. The molecule has 0 radical (unpaired) electrons. The highest BCUT2D eigenvalue weighted by atomic mass is 32.2. The summed E-state index contributed by atoms with van der Waals surface area (Å²) in [5, 5.41) is 17.7. The number of nitrogens with zero attached hydrogens (tertiary/aromatic N) is 3. The van der Waals surface area contributed by atoms with Crippen molar-refractivity contribution in [1.29, 1.82) is 0 Å². The molecule has 0 saturated heterocycles. The number of hydrogen-bond acceptors (Lipinski definition) is 6. The molecule has 0 fully saturated rings. The lowest BCUT2D eigenvalue weighted by atomic mass is 10.1. The summed E-state index contributed by atoms with van der Waals surface area (Å²) in [6.07, 6.45) is 1.36. The molecular formula is C10H8N4O3S. The van der Waals surface area contributed by atoms with Crippen LogP contribution in [-0.4, -0.2) is 25.9 Å². The predicted octanol–water partition coefficient (Wildman–Crippen LogP) is 2.07. The number of nitro benzene ring substituents is 1. The summed E-state index contributed by atoms with van der Waals surface area (Å²) in [4.78, 5) is 26.2. The Labute approximate surface area is 106 Å². The minimum atomic E-state index is -0.570. The van der Waals surface area contributed by atoms with Gasteiger partial charge in [0.05, 0.1) is 10.5 Å². The van der Waals surface area contributed by atoms with E-state index >= 15 is 0 Å². The van der Waals surface area contributed by atoms with Gasteiger partial charge in [-0.2, -0.15) is 5.10 Å². The maximum Gasteiger partial charge on any atom is 0.280 e. The molecule has 1 heterocycles. The van der Waals surface area contributed by atoms with Gasteiger partial charge in [0.15, 0.2) is 10.9 Å². The second kappa shape index (κ2) is 4.96. The zero-order valence-electron chi connectivity index (χ0n) is 9.28. The van der Waals surface area contributed by atoms with Crippen LogP contribution in [0.3, 0.4) is 0 Å². The molecule has 0 saturated carbocycles. The minimum Gasteiger partial charge on any atom is -0.294 e. The monoisotopic (exact) mass is 264 g/mol. The van der Waals surface area contributed by atoms with E-state index in [2.05, 4.69) is 15.2 Å². The van der Waals surface area contributed by atoms with Crippen molar-refractivity contribution in [2.24, 2.45) is 0 Å². The van der Waals surface area contributed by atoms with Gasteiger partial charge in [-0.05, 0) is 19.1 Å². The maximum absolute atomic E-state index is 11.4. The number of carbonyl (C=O) groups is 1. The molecule has 0 bridgehead atoms. The molecular weight excluding hydrogens is 256 g/mol. The number of hydrogen-bond donors (Lipinski definition) is 1. The Hall–Kier alpha value is -2.22. The molecule has 0 amide bonds. The molecule has 18 heavy (non-hydrogen) atoms. The van der Waals surface area contributed by atoms with Crippen LogP contribution in [0.1, 0.15) is 17.3 Å². The van der Waals surface area contributed by atoms with Crippen LogP contribution in [0.5, 0.6) is 0 Å². The van der Waals surface area contributed by atoms with E-state index in [1.165, 1.54) is 37.1 Å². The third-order valence-electron chi connectivity index (χ3n) is 2.15. The van der Waals surface area contributed by atoms with E-state index in [0.29, 0.717) is 10.1 Å². The number of H-pyrrole nitrogens is 1. The lowest BCUT2D eigenvalue weighted by Gasteiger charge is -2.02. The quantitative estimate of drug-likeness (QED) is 0.515. The number of carbonyl (C=O) groups excluding carboxylic acids is 1. The summed E-state index contributed by atoms with van der Waals surface area (Å²) < 4.78 is 0. The average molecular weight is 264 g/mol. The van der Waals surface area contributed by atoms with E-state index in [-0.39, 0.29) is 17.0 Å².